The first-order chi connectivity index (χ1) is 4.75. The van der Waals surface area contributed by atoms with Gasteiger partial charge >= 0.3 is 0 Å². The van der Waals surface area contributed by atoms with Crippen molar-refractivity contribution in [1.29, 1.82) is 0 Å². The molecule has 10 heavy (non-hydrogen) atoms. The van der Waals surface area contributed by atoms with Gasteiger partial charge in [-0.3, -0.25) is 0 Å². The minimum atomic E-state index is -0.254. The lowest BCUT2D eigenvalue weighted by atomic mass is 10.2. The number of halogens is 1. The Morgan fingerprint density at radius 3 is 2.80 bits per heavy atom. The second kappa shape index (κ2) is 2.69. The minimum absolute atomic E-state index is 0.254. The van der Waals surface area contributed by atoms with E-state index in [9.17, 15) is 4.39 Å². The molecule has 0 aromatic heterocycles. The van der Waals surface area contributed by atoms with Crippen molar-refractivity contribution in [3.8, 4) is 5.75 Å². The minimum Gasteiger partial charge on any atom is -0.496 e. The zero-order chi connectivity index (χ0) is 7.56. The third-order valence-electron chi connectivity index (χ3n) is 1.35. The number of methoxy groups -OCH3 is 1. The zero-order valence-electron chi connectivity index (χ0n) is 5.94. The van der Waals surface area contributed by atoms with E-state index in [1.807, 2.05) is 0 Å². The Morgan fingerprint density at radius 1 is 1.60 bits per heavy atom. The Morgan fingerprint density at radius 2 is 2.30 bits per heavy atom. The van der Waals surface area contributed by atoms with Crippen molar-refractivity contribution in [2.75, 3.05) is 7.11 Å². The molecular weight excluding hydrogens is 131 g/mol. The standard InChI is InChI=1S/C8H8FO/c1-6-7(9)4-3-5-8(6)10-2/h3-4H,1-2H3. The van der Waals surface area contributed by atoms with E-state index in [0.29, 0.717) is 11.3 Å². The van der Waals surface area contributed by atoms with E-state index in [1.54, 1.807) is 6.92 Å². The van der Waals surface area contributed by atoms with Crippen LogP contribution in [0.2, 0.25) is 0 Å². The smallest absolute Gasteiger partial charge is 0.132 e. The Balaban J connectivity index is 3.14. The van der Waals surface area contributed by atoms with Crippen LogP contribution in [0.1, 0.15) is 5.56 Å². The van der Waals surface area contributed by atoms with Crippen LogP contribution >= 0.6 is 0 Å². The molecule has 0 aliphatic heterocycles. The maximum absolute atomic E-state index is 12.7. The molecular formula is C8H8FO. The first-order valence-corrected chi connectivity index (χ1v) is 2.96. The summed E-state index contributed by atoms with van der Waals surface area (Å²) in [5.41, 5.74) is 0.505. The SMILES string of the molecule is COc1[c]ccc(F)c1C. The van der Waals surface area contributed by atoms with Crippen LogP contribution in [0.15, 0.2) is 12.1 Å². The molecule has 1 aromatic carbocycles. The summed E-state index contributed by atoms with van der Waals surface area (Å²) in [6.45, 7) is 1.66. The highest BCUT2D eigenvalue weighted by Crippen LogP contribution is 2.17. The van der Waals surface area contributed by atoms with Crippen molar-refractivity contribution in [2.45, 2.75) is 6.92 Å². The van der Waals surface area contributed by atoms with E-state index in [-0.39, 0.29) is 5.82 Å². The molecule has 1 aromatic rings. The zero-order valence-corrected chi connectivity index (χ0v) is 5.94. The highest BCUT2D eigenvalue weighted by Gasteiger charge is 2.01. The van der Waals surface area contributed by atoms with Gasteiger partial charge in [0, 0.05) is 11.6 Å². The number of rotatable bonds is 1. The first-order valence-electron chi connectivity index (χ1n) is 2.96. The van der Waals surface area contributed by atoms with Crippen LogP contribution in [-0.2, 0) is 0 Å². The van der Waals surface area contributed by atoms with Gasteiger partial charge in [-0.15, -0.1) is 0 Å². The van der Waals surface area contributed by atoms with Gasteiger partial charge in [0.05, 0.1) is 7.11 Å². The summed E-state index contributed by atoms with van der Waals surface area (Å²) >= 11 is 0. The highest BCUT2D eigenvalue weighted by atomic mass is 19.1. The van der Waals surface area contributed by atoms with Crippen LogP contribution < -0.4 is 4.74 Å². The quantitative estimate of drug-likeness (QED) is 0.577. The molecule has 0 fully saturated rings. The summed E-state index contributed by atoms with van der Waals surface area (Å²) in [5, 5.41) is 0. The van der Waals surface area contributed by atoms with Crippen molar-refractivity contribution >= 4 is 0 Å². The average molecular weight is 139 g/mol. The van der Waals surface area contributed by atoms with E-state index in [4.69, 9.17) is 4.74 Å². The molecule has 1 radical (unpaired) electrons. The maximum Gasteiger partial charge on any atom is 0.132 e. The first kappa shape index (κ1) is 7.06. The van der Waals surface area contributed by atoms with Crippen LogP contribution in [0, 0.1) is 18.8 Å². The van der Waals surface area contributed by atoms with Crippen LogP contribution in [0.5, 0.6) is 5.75 Å². The fourth-order valence-electron chi connectivity index (χ4n) is 0.744. The van der Waals surface area contributed by atoms with Gasteiger partial charge in [0.15, 0.2) is 0 Å². The second-order valence-electron chi connectivity index (χ2n) is 1.98. The van der Waals surface area contributed by atoms with Gasteiger partial charge in [-0.2, -0.15) is 0 Å². The van der Waals surface area contributed by atoms with Gasteiger partial charge in [0.1, 0.15) is 11.6 Å². The molecule has 0 atom stereocenters. The molecule has 0 aliphatic rings. The van der Waals surface area contributed by atoms with Crippen LogP contribution in [0.3, 0.4) is 0 Å². The fourth-order valence-corrected chi connectivity index (χ4v) is 0.744. The number of hydrogen-bond acceptors (Lipinski definition) is 1. The Kier molecular flexibility index (Phi) is 1.90. The van der Waals surface area contributed by atoms with E-state index >= 15 is 0 Å². The third kappa shape index (κ3) is 1.10. The van der Waals surface area contributed by atoms with Gasteiger partial charge in [-0.05, 0) is 19.1 Å². The topological polar surface area (TPSA) is 9.23 Å². The molecule has 0 unspecified atom stereocenters. The van der Waals surface area contributed by atoms with Crippen LogP contribution in [0.4, 0.5) is 4.39 Å². The molecule has 0 bridgehead atoms. The Hall–Kier alpha value is -1.05. The molecule has 0 heterocycles. The number of ether oxygens (including phenoxy) is 1. The fraction of sp³-hybridized carbons (Fsp3) is 0.250. The predicted octanol–water partition coefficient (Wildman–Crippen LogP) is 1.94. The molecule has 0 spiro atoms. The lowest BCUT2D eigenvalue weighted by Crippen LogP contribution is -1.89. The van der Waals surface area contributed by atoms with Crippen molar-refractivity contribution in [1.82, 2.24) is 0 Å². The molecule has 2 heteroatoms. The van der Waals surface area contributed by atoms with Crippen LogP contribution in [-0.4, -0.2) is 7.11 Å². The summed E-state index contributed by atoms with van der Waals surface area (Å²) in [5.74, 6) is 0.218. The van der Waals surface area contributed by atoms with Gasteiger partial charge in [-0.25, -0.2) is 4.39 Å². The monoisotopic (exact) mass is 139 g/mol. The van der Waals surface area contributed by atoms with Crippen molar-refractivity contribution in [3.05, 3.63) is 29.6 Å². The molecule has 0 N–H and O–H groups in total. The molecule has 1 nitrogen and oxygen atoms in total. The highest BCUT2D eigenvalue weighted by molar-refractivity contribution is 5.31. The molecule has 0 saturated heterocycles. The van der Waals surface area contributed by atoms with Gasteiger partial charge in [0.2, 0.25) is 0 Å². The average Bonchev–Trinajstić information content (AvgIpc) is 1.95. The van der Waals surface area contributed by atoms with Crippen LogP contribution in [0.25, 0.3) is 0 Å². The Bertz CT molecular complexity index is 233. The number of benzene rings is 1. The lowest BCUT2D eigenvalue weighted by molar-refractivity contribution is 0.406. The summed E-state index contributed by atoms with van der Waals surface area (Å²) < 4.78 is 17.5. The summed E-state index contributed by atoms with van der Waals surface area (Å²) in [4.78, 5) is 0. The summed E-state index contributed by atoms with van der Waals surface area (Å²) in [6.07, 6.45) is 0. The summed E-state index contributed by atoms with van der Waals surface area (Å²) in [7, 11) is 1.50. The number of hydrogen-bond donors (Lipinski definition) is 0. The maximum atomic E-state index is 12.7. The summed E-state index contributed by atoms with van der Waals surface area (Å²) in [6, 6.07) is 5.63. The third-order valence-corrected chi connectivity index (χ3v) is 1.35. The van der Waals surface area contributed by atoms with Crippen molar-refractivity contribution in [3.63, 3.8) is 0 Å². The largest absolute Gasteiger partial charge is 0.496 e. The lowest BCUT2D eigenvalue weighted by Gasteiger charge is -2.02. The normalized spacial score (nSPS) is 9.50. The van der Waals surface area contributed by atoms with E-state index in [1.165, 1.54) is 19.2 Å². The predicted molar refractivity (Wildman–Crippen MR) is 36.5 cm³/mol. The molecule has 0 saturated carbocycles. The Labute approximate surface area is 59.4 Å². The second-order valence-corrected chi connectivity index (χ2v) is 1.98. The molecule has 0 amide bonds. The van der Waals surface area contributed by atoms with Gasteiger partial charge in [0.25, 0.3) is 0 Å². The van der Waals surface area contributed by atoms with E-state index < -0.39 is 0 Å². The van der Waals surface area contributed by atoms with E-state index in [0.717, 1.165) is 0 Å². The van der Waals surface area contributed by atoms with Gasteiger partial charge in [-0.1, -0.05) is 0 Å². The molecule has 0 aliphatic carbocycles. The molecule has 53 valence electrons. The van der Waals surface area contributed by atoms with Gasteiger partial charge < -0.3 is 4.74 Å². The van der Waals surface area contributed by atoms with Crippen molar-refractivity contribution in [2.24, 2.45) is 0 Å². The van der Waals surface area contributed by atoms with E-state index in [2.05, 4.69) is 6.07 Å². The molecule has 1 rings (SSSR count). The van der Waals surface area contributed by atoms with Crippen molar-refractivity contribution < 1.29 is 9.13 Å².